The van der Waals surface area contributed by atoms with Gasteiger partial charge in [0, 0.05) is 31.9 Å². The minimum atomic E-state index is 0.480. The third-order valence-corrected chi connectivity index (χ3v) is 3.86. The first-order chi connectivity index (χ1) is 9.81. The highest BCUT2D eigenvalue weighted by Crippen LogP contribution is 2.18. The molecule has 1 atom stereocenters. The summed E-state index contributed by atoms with van der Waals surface area (Å²) in [7, 11) is 0. The number of rotatable bonds is 4. The van der Waals surface area contributed by atoms with Crippen molar-refractivity contribution in [3.63, 3.8) is 0 Å². The zero-order chi connectivity index (χ0) is 13.8. The van der Waals surface area contributed by atoms with Crippen molar-refractivity contribution in [2.75, 3.05) is 18.4 Å². The van der Waals surface area contributed by atoms with Gasteiger partial charge in [0.2, 0.25) is 0 Å². The van der Waals surface area contributed by atoms with Crippen LogP contribution >= 0.6 is 0 Å². The molecule has 1 aliphatic rings. The van der Waals surface area contributed by atoms with Gasteiger partial charge in [-0.05, 0) is 30.5 Å². The van der Waals surface area contributed by atoms with Crippen LogP contribution in [0.3, 0.4) is 0 Å². The Balaban J connectivity index is 1.56. The molecule has 1 aromatic heterocycles. The quantitative estimate of drug-likeness (QED) is 0.925. The van der Waals surface area contributed by atoms with E-state index in [0.29, 0.717) is 6.04 Å². The van der Waals surface area contributed by atoms with E-state index in [0.717, 1.165) is 31.9 Å². The first-order valence-electron chi connectivity index (χ1n) is 7.10. The average molecular weight is 268 g/mol. The van der Waals surface area contributed by atoms with Crippen molar-refractivity contribution in [3.8, 4) is 0 Å². The van der Waals surface area contributed by atoms with Crippen molar-refractivity contribution < 1.29 is 0 Å². The minimum absolute atomic E-state index is 0.480. The molecule has 1 fully saturated rings. The summed E-state index contributed by atoms with van der Waals surface area (Å²) in [6, 6.07) is 11.0. The third kappa shape index (κ3) is 3.14. The van der Waals surface area contributed by atoms with E-state index < -0.39 is 0 Å². The van der Waals surface area contributed by atoms with Crippen molar-refractivity contribution in [3.05, 3.63) is 54.0 Å². The topological polar surface area (TPSA) is 41.0 Å². The SMILES string of the molecule is Cc1ccccc1CN1CCC(Nc2ccncn2)C1. The molecule has 2 aromatic rings. The Morgan fingerprint density at radius 1 is 1.30 bits per heavy atom. The first-order valence-corrected chi connectivity index (χ1v) is 7.10. The van der Waals surface area contributed by atoms with Crippen LogP contribution in [-0.2, 0) is 6.54 Å². The molecule has 0 bridgehead atoms. The number of hydrogen-bond donors (Lipinski definition) is 1. The third-order valence-electron chi connectivity index (χ3n) is 3.86. The number of aryl methyl sites for hydroxylation is 1. The Bertz CT molecular complexity index is 555. The number of nitrogens with zero attached hydrogens (tertiary/aromatic N) is 3. The normalized spacial score (nSPS) is 19.1. The summed E-state index contributed by atoms with van der Waals surface area (Å²) in [6.45, 7) is 5.42. The van der Waals surface area contributed by atoms with Gasteiger partial charge >= 0.3 is 0 Å². The summed E-state index contributed by atoms with van der Waals surface area (Å²) < 4.78 is 0. The van der Waals surface area contributed by atoms with Gasteiger partial charge < -0.3 is 5.32 Å². The van der Waals surface area contributed by atoms with Crippen LogP contribution in [0.2, 0.25) is 0 Å². The minimum Gasteiger partial charge on any atom is -0.366 e. The summed E-state index contributed by atoms with van der Waals surface area (Å²) in [5.74, 6) is 0.919. The Morgan fingerprint density at radius 2 is 2.20 bits per heavy atom. The molecule has 3 rings (SSSR count). The lowest BCUT2D eigenvalue weighted by Crippen LogP contribution is -2.26. The first kappa shape index (κ1) is 13.1. The number of benzene rings is 1. The van der Waals surface area contributed by atoms with Gasteiger partial charge in [-0.15, -0.1) is 0 Å². The maximum absolute atomic E-state index is 4.22. The van der Waals surface area contributed by atoms with E-state index >= 15 is 0 Å². The molecule has 20 heavy (non-hydrogen) atoms. The van der Waals surface area contributed by atoms with Crippen LogP contribution in [0, 0.1) is 6.92 Å². The molecule has 2 heterocycles. The summed E-state index contributed by atoms with van der Waals surface area (Å²) in [5.41, 5.74) is 2.80. The highest BCUT2D eigenvalue weighted by Gasteiger charge is 2.22. The van der Waals surface area contributed by atoms with Crippen LogP contribution in [0.5, 0.6) is 0 Å². The van der Waals surface area contributed by atoms with Crippen LogP contribution in [0.25, 0.3) is 0 Å². The maximum atomic E-state index is 4.22. The number of hydrogen-bond acceptors (Lipinski definition) is 4. The summed E-state index contributed by atoms with van der Waals surface area (Å²) in [5, 5.41) is 3.48. The second-order valence-corrected chi connectivity index (χ2v) is 5.39. The van der Waals surface area contributed by atoms with Gasteiger partial charge in [-0.3, -0.25) is 4.90 Å². The van der Waals surface area contributed by atoms with E-state index in [4.69, 9.17) is 0 Å². The largest absolute Gasteiger partial charge is 0.366 e. The number of anilines is 1. The molecule has 1 aliphatic heterocycles. The molecule has 4 nitrogen and oxygen atoms in total. The van der Waals surface area contributed by atoms with E-state index in [1.807, 2.05) is 6.07 Å². The lowest BCUT2D eigenvalue weighted by Gasteiger charge is -2.18. The van der Waals surface area contributed by atoms with Crippen LogP contribution < -0.4 is 5.32 Å². The van der Waals surface area contributed by atoms with Crippen LogP contribution in [0.1, 0.15) is 17.5 Å². The van der Waals surface area contributed by atoms with Crippen molar-refractivity contribution in [2.45, 2.75) is 25.9 Å². The molecule has 0 saturated carbocycles. The summed E-state index contributed by atoms with van der Waals surface area (Å²) >= 11 is 0. The molecule has 0 radical (unpaired) electrons. The van der Waals surface area contributed by atoms with E-state index in [1.54, 1.807) is 12.5 Å². The van der Waals surface area contributed by atoms with E-state index in [-0.39, 0.29) is 0 Å². The number of aromatic nitrogens is 2. The second kappa shape index (κ2) is 6.01. The van der Waals surface area contributed by atoms with Crippen LogP contribution in [0.4, 0.5) is 5.82 Å². The van der Waals surface area contributed by atoms with Gasteiger partial charge in [-0.2, -0.15) is 0 Å². The fraction of sp³-hybridized carbons (Fsp3) is 0.375. The van der Waals surface area contributed by atoms with Crippen molar-refractivity contribution in [2.24, 2.45) is 0 Å². The van der Waals surface area contributed by atoms with Crippen molar-refractivity contribution in [1.29, 1.82) is 0 Å². The van der Waals surface area contributed by atoms with Gasteiger partial charge in [0.05, 0.1) is 0 Å². The predicted molar refractivity (Wildman–Crippen MR) is 80.5 cm³/mol. The Kier molecular flexibility index (Phi) is 3.92. The predicted octanol–water partition coefficient (Wildman–Crippen LogP) is 2.47. The molecule has 1 aromatic carbocycles. The highest BCUT2D eigenvalue weighted by atomic mass is 15.2. The van der Waals surface area contributed by atoms with E-state index in [2.05, 4.69) is 51.4 Å². The number of likely N-dealkylation sites (tertiary alicyclic amines) is 1. The highest BCUT2D eigenvalue weighted by molar-refractivity contribution is 5.33. The molecule has 1 unspecified atom stereocenters. The molecular formula is C16H20N4. The van der Waals surface area contributed by atoms with E-state index in [9.17, 15) is 0 Å². The van der Waals surface area contributed by atoms with Crippen molar-refractivity contribution >= 4 is 5.82 Å². The zero-order valence-corrected chi connectivity index (χ0v) is 11.8. The molecule has 0 spiro atoms. The molecular weight excluding hydrogens is 248 g/mol. The van der Waals surface area contributed by atoms with E-state index in [1.165, 1.54) is 11.1 Å². The van der Waals surface area contributed by atoms with Gasteiger partial charge in [0.25, 0.3) is 0 Å². The fourth-order valence-electron chi connectivity index (χ4n) is 2.71. The molecule has 104 valence electrons. The maximum Gasteiger partial charge on any atom is 0.129 e. The lowest BCUT2D eigenvalue weighted by molar-refractivity contribution is 0.328. The molecule has 0 aliphatic carbocycles. The molecule has 0 amide bonds. The van der Waals surface area contributed by atoms with Gasteiger partial charge in [-0.1, -0.05) is 24.3 Å². The molecule has 4 heteroatoms. The standard InChI is InChI=1S/C16H20N4/c1-13-4-2-3-5-14(13)10-20-9-7-15(11-20)19-16-6-8-17-12-18-16/h2-6,8,12,15H,7,9-11H2,1H3,(H,17,18,19). The molecule has 1 N–H and O–H groups in total. The number of nitrogens with one attached hydrogen (secondary N) is 1. The van der Waals surface area contributed by atoms with Gasteiger partial charge in [0.1, 0.15) is 12.1 Å². The fourth-order valence-corrected chi connectivity index (χ4v) is 2.71. The second-order valence-electron chi connectivity index (χ2n) is 5.39. The Labute approximate surface area is 119 Å². The Morgan fingerprint density at radius 3 is 3.00 bits per heavy atom. The van der Waals surface area contributed by atoms with Crippen LogP contribution in [0.15, 0.2) is 42.9 Å². The summed E-state index contributed by atoms with van der Waals surface area (Å²) in [6.07, 6.45) is 4.52. The van der Waals surface area contributed by atoms with Crippen LogP contribution in [-0.4, -0.2) is 34.0 Å². The van der Waals surface area contributed by atoms with Crippen molar-refractivity contribution in [1.82, 2.24) is 14.9 Å². The van der Waals surface area contributed by atoms with Gasteiger partial charge in [-0.25, -0.2) is 9.97 Å². The lowest BCUT2D eigenvalue weighted by atomic mass is 10.1. The summed E-state index contributed by atoms with van der Waals surface area (Å²) in [4.78, 5) is 10.7. The average Bonchev–Trinajstić information content (AvgIpc) is 2.90. The smallest absolute Gasteiger partial charge is 0.129 e. The Hall–Kier alpha value is -1.94. The molecule has 1 saturated heterocycles. The van der Waals surface area contributed by atoms with Gasteiger partial charge in [0.15, 0.2) is 0 Å². The monoisotopic (exact) mass is 268 g/mol. The zero-order valence-electron chi connectivity index (χ0n) is 11.8.